The van der Waals surface area contributed by atoms with Crippen molar-refractivity contribution in [1.82, 2.24) is 20.1 Å². The molecule has 0 spiro atoms. The van der Waals surface area contributed by atoms with E-state index in [9.17, 15) is 14.0 Å². The summed E-state index contributed by atoms with van der Waals surface area (Å²) in [7, 11) is 0. The number of amides is 3. The average molecular weight is 496 g/mol. The predicted octanol–water partition coefficient (Wildman–Crippen LogP) is 5.23. The second kappa shape index (κ2) is 11.0. The Kier molecular flexibility index (Phi) is 7.56. The zero-order valence-electron chi connectivity index (χ0n) is 17.7. The van der Waals surface area contributed by atoms with E-state index in [-0.39, 0.29) is 11.4 Å². The molecule has 172 valence electrons. The zero-order chi connectivity index (χ0) is 23.9. The van der Waals surface area contributed by atoms with E-state index in [1.807, 2.05) is 53.1 Å². The number of aromatic nitrogens is 3. The summed E-state index contributed by atoms with van der Waals surface area (Å²) in [6, 6.07) is 21.9. The van der Waals surface area contributed by atoms with Crippen LogP contribution in [0.4, 0.5) is 14.9 Å². The molecular weight excluding hydrogens is 477 g/mol. The Hall–Kier alpha value is -3.69. The van der Waals surface area contributed by atoms with Gasteiger partial charge in [-0.3, -0.25) is 14.7 Å². The lowest BCUT2D eigenvalue weighted by atomic mass is 10.2. The van der Waals surface area contributed by atoms with Crippen molar-refractivity contribution < 1.29 is 14.0 Å². The Bertz CT molecular complexity index is 1320. The Balaban J connectivity index is 1.48. The summed E-state index contributed by atoms with van der Waals surface area (Å²) >= 11 is 7.51. The molecule has 4 aromatic rings. The van der Waals surface area contributed by atoms with Crippen LogP contribution in [0.5, 0.6) is 0 Å². The first-order valence-corrected chi connectivity index (χ1v) is 11.6. The fourth-order valence-corrected chi connectivity index (χ4v) is 4.11. The van der Waals surface area contributed by atoms with Gasteiger partial charge in [0.1, 0.15) is 5.82 Å². The molecule has 2 N–H and O–H groups in total. The average Bonchev–Trinajstić information content (AvgIpc) is 3.22. The number of thioether (sulfide) groups is 1. The van der Waals surface area contributed by atoms with E-state index in [4.69, 9.17) is 11.6 Å². The minimum atomic E-state index is -0.821. The normalized spacial score (nSPS) is 10.6. The molecule has 0 radical (unpaired) electrons. The van der Waals surface area contributed by atoms with Gasteiger partial charge in [-0.1, -0.05) is 78.0 Å². The lowest BCUT2D eigenvalue weighted by Gasteiger charge is -2.11. The van der Waals surface area contributed by atoms with Crippen LogP contribution in [0, 0.1) is 5.82 Å². The first kappa shape index (κ1) is 23.5. The predicted molar refractivity (Wildman–Crippen MR) is 130 cm³/mol. The Labute approximate surface area is 204 Å². The topological polar surface area (TPSA) is 88.9 Å². The number of anilines is 1. The third-order valence-electron chi connectivity index (χ3n) is 4.72. The summed E-state index contributed by atoms with van der Waals surface area (Å²) in [4.78, 5) is 24.4. The standard InChI is InChI=1S/C24H19ClFN5O2S/c25-18-11-5-4-10-17(18)22-29-30-24(31(22)14-16-8-2-1-3-9-16)34-15-21(32)28-23(33)27-20-13-7-6-12-19(20)26/h1-13H,14-15H2,(H2,27,28,32,33). The van der Waals surface area contributed by atoms with Crippen molar-refractivity contribution in [3.8, 4) is 11.4 Å². The fourth-order valence-electron chi connectivity index (χ4n) is 3.15. The zero-order valence-corrected chi connectivity index (χ0v) is 19.3. The number of para-hydroxylation sites is 1. The van der Waals surface area contributed by atoms with Crippen molar-refractivity contribution >= 4 is 41.0 Å². The molecule has 0 unspecified atom stereocenters. The Morgan fingerprint density at radius 1 is 0.941 bits per heavy atom. The van der Waals surface area contributed by atoms with E-state index in [0.717, 1.165) is 17.3 Å². The third-order valence-corrected chi connectivity index (χ3v) is 6.02. The van der Waals surface area contributed by atoms with Gasteiger partial charge in [0.05, 0.1) is 23.0 Å². The lowest BCUT2D eigenvalue weighted by Crippen LogP contribution is -2.35. The third kappa shape index (κ3) is 5.81. The van der Waals surface area contributed by atoms with Crippen molar-refractivity contribution in [3.63, 3.8) is 0 Å². The van der Waals surface area contributed by atoms with E-state index in [1.54, 1.807) is 12.1 Å². The van der Waals surface area contributed by atoms with Crippen LogP contribution in [-0.2, 0) is 11.3 Å². The maximum atomic E-state index is 13.7. The fraction of sp³-hybridized carbons (Fsp3) is 0.0833. The minimum Gasteiger partial charge on any atom is -0.305 e. The number of hydrogen-bond acceptors (Lipinski definition) is 5. The number of imide groups is 1. The first-order valence-electron chi connectivity index (χ1n) is 10.2. The molecule has 0 saturated carbocycles. The number of nitrogens with zero attached hydrogens (tertiary/aromatic N) is 3. The molecule has 7 nitrogen and oxygen atoms in total. The van der Waals surface area contributed by atoms with Gasteiger partial charge in [-0.2, -0.15) is 0 Å². The highest BCUT2D eigenvalue weighted by Crippen LogP contribution is 2.30. The van der Waals surface area contributed by atoms with E-state index < -0.39 is 17.8 Å². The Morgan fingerprint density at radius 2 is 1.65 bits per heavy atom. The molecule has 0 aliphatic carbocycles. The number of urea groups is 1. The summed E-state index contributed by atoms with van der Waals surface area (Å²) in [5.41, 5.74) is 1.71. The van der Waals surface area contributed by atoms with Crippen molar-refractivity contribution in [2.45, 2.75) is 11.7 Å². The second-order valence-electron chi connectivity index (χ2n) is 7.13. The quantitative estimate of drug-likeness (QED) is 0.343. The van der Waals surface area contributed by atoms with Crippen molar-refractivity contribution in [2.24, 2.45) is 0 Å². The highest BCUT2D eigenvalue weighted by atomic mass is 35.5. The molecule has 1 aromatic heterocycles. The van der Waals surface area contributed by atoms with Crippen LogP contribution in [-0.4, -0.2) is 32.5 Å². The van der Waals surface area contributed by atoms with Crippen molar-refractivity contribution in [3.05, 3.63) is 95.3 Å². The molecule has 34 heavy (non-hydrogen) atoms. The van der Waals surface area contributed by atoms with E-state index in [2.05, 4.69) is 20.8 Å². The molecule has 3 aromatic carbocycles. The van der Waals surface area contributed by atoms with Gasteiger partial charge < -0.3 is 5.32 Å². The number of carbonyl (C=O) groups excluding carboxylic acids is 2. The van der Waals surface area contributed by atoms with Gasteiger partial charge in [0.15, 0.2) is 11.0 Å². The van der Waals surface area contributed by atoms with Crippen LogP contribution in [0.3, 0.4) is 0 Å². The smallest absolute Gasteiger partial charge is 0.305 e. The maximum Gasteiger partial charge on any atom is 0.325 e. The molecule has 0 bridgehead atoms. The van der Waals surface area contributed by atoms with Gasteiger partial charge in [-0.15, -0.1) is 10.2 Å². The van der Waals surface area contributed by atoms with Crippen molar-refractivity contribution in [2.75, 3.05) is 11.1 Å². The molecule has 0 fully saturated rings. The van der Waals surface area contributed by atoms with Gasteiger partial charge in [-0.05, 0) is 29.8 Å². The van der Waals surface area contributed by atoms with Crippen LogP contribution in [0.25, 0.3) is 11.4 Å². The molecular formula is C24H19ClFN5O2S. The van der Waals surface area contributed by atoms with E-state index in [0.29, 0.717) is 28.1 Å². The molecule has 1 heterocycles. The molecule has 4 rings (SSSR count). The van der Waals surface area contributed by atoms with Gasteiger partial charge in [0, 0.05) is 5.56 Å². The van der Waals surface area contributed by atoms with Crippen LogP contribution in [0.1, 0.15) is 5.56 Å². The largest absolute Gasteiger partial charge is 0.325 e. The van der Waals surface area contributed by atoms with Crippen LogP contribution in [0.15, 0.2) is 84.0 Å². The van der Waals surface area contributed by atoms with Crippen molar-refractivity contribution in [1.29, 1.82) is 0 Å². The van der Waals surface area contributed by atoms with Gasteiger partial charge in [-0.25, -0.2) is 9.18 Å². The maximum absolute atomic E-state index is 13.7. The summed E-state index contributed by atoms with van der Waals surface area (Å²) in [5, 5.41) is 14.1. The number of carbonyl (C=O) groups is 2. The summed E-state index contributed by atoms with van der Waals surface area (Å²) in [6.45, 7) is 0.464. The van der Waals surface area contributed by atoms with Gasteiger partial charge in [0.25, 0.3) is 0 Å². The van der Waals surface area contributed by atoms with Gasteiger partial charge in [0.2, 0.25) is 5.91 Å². The van der Waals surface area contributed by atoms with E-state index in [1.165, 1.54) is 18.2 Å². The van der Waals surface area contributed by atoms with Crippen LogP contribution in [0.2, 0.25) is 5.02 Å². The molecule has 0 atom stereocenters. The monoisotopic (exact) mass is 495 g/mol. The summed E-state index contributed by atoms with van der Waals surface area (Å²) < 4.78 is 15.6. The molecule has 0 saturated heterocycles. The second-order valence-corrected chi connectivity index (χ2v) is 8.48. The SMILES string of the molecule is O=C(CSc1nnc(-c2ccccc2Cl)n1Cc1ccccc1)NC(=O)Nc1ccccc1F. The molecule has 3 amide bonds. The molecule has 10 heteroatoms. The lowest BCUT2D eigenvalue weighted by molar-refractivity contribution is -0.117. The molecule has 0 aliphatic heterocycles. The number of benzene rings is 3. The first-order chi connectivity index (χ1) is 16.5. The number of nitrogens with one attached hydrogen (secondary N) is 2. The van der Waals surface area contributed by atoms with Gasteiger partial charge >= 0.3 is 6.03 Å². The number of hydrogen-bond donors (Lipinski definition) is 2. The molecule has 0 aliphatic rings. The van der Waals surface area contributed by atoms with Crippen LogP contribution >= 0.6 is 23.4 Å². The highest BCUT2D eigenvalue weighted by Gasteiger charge is 2.18. The minimum absolute atomic E-state index is 0.0209. The summed E-state index contributed by atoms with van der Waals surface area (Å²) in [5.74, 6) is -0.692. The number of halogens is 2. The number of rotatable bonds is 7. The summed E-state index contributed by atoms with van der Waals surface area (Å²) in [6.07, 6.45) is 0. The van der Waals surface area contributed by atoms with E-state index >= 15 is 0 Å². The highest BCUT2D eigenvalue weighted by molar-refractivity contribution is 7.99. The Morgan fingerprint density at radius 3 is 2.41 bits per heavy atom. The van der Waals surface area contributed by atoms with Crippen LogP contribution < -0.4 is 10.6 Å².